The number of hydrogen-bond donors (Lipinski definition) is 6. The molecule has 0 radical (unpaired) electrons. The van der Waals surface area contributed by atoms with Crippen molar-refractivity contribution in [2.45, 2.75) is 12.8 Å². The van der Waals surface area contributed by atoms with Gasteiger partial charge in [-0.1, -0.05) is 12.1 Å². The Hall–Kier alpha value is -3.79. The fourth-order valence-corrected chi connectivity index (χ4v) is 5.32. The standard InChI is InChI=1S/C24H27N9O4S/c1-32(24-25-10-14(11-26-24)23(36)31-37)13-15-9-19-20(38-15)22(33(5-7-34)6-8-35)29-21(28-19)16-3-2-4-18-17(16)12-27-30-18/h2-4,9-12,23,31,34-37H,5-8,13H2,1H3,(H,27,30). The zero-order chi connectivity index (χ0) is 26.6. The molecular weight excluding hydrogens is 510 g/mol. The smallest absolute Gasteiger partial charge is 0.225 e. The zero-order valence-electron chi connectivity index (χ0n) is 20.5. The van der Waals surface area contributed by atoms with Gasteiger partial charge in [0.2, 0.25) is 5.95 Å². The van der Waals surface area contributed by atoms with Crippen LogP contribution in [0.15, 0.2) is 42.9 Å². The molecule has 6 N–H and O–H groups in total. The first kappa shape index (κ1) is 25.8. The van der Waals surface area contributed by atoms with Crippen LogP contribution in [0.25, 0.3) is 32.5 Å². The van der Waals surface area contributed by atoms with Crippen molar-refractivity contribution in [2.75, 3.05) is 43.2 Å². The maximum atomic E-state index is 9.69. The third-order valence-electron chi connectivity index (χ3n) is 6.00. The van der Waals surface area contributed by atoms with E-state index in [2.05, 4.69) is 20.2 Å². The second-order valence-corrected chi connectivity index (χ2v) is 9.71. The number of rotatable bonds is 11. The summed E-state index contributed by atoms with van der Waals surface area (Å²) in [6.07, 6.45) is 3.35. The SMILES string of the molecule is CN(Cc1cc2nc(-c3cccc4[nH]ncc34)nc(N(CCO)CCO)c2s1)c1ncc(C(O)NO)cn1. The molecule has 0 amide bonds. The summed E-state index contributed by atoms with van der Waals surface area (Å²) in [5, 5.41) is 45.9. The maximum absolute atomic E-state index is 9.69. The van der Waals surface area contributed by atoms with E-state index in [9.17, 15) is 15.3 Å². The highest BCUT2D eigenvalue weighted by Gasteiger charge is 2.20. The predicted octanol–water partition coefficient (Wildman–Crippen LogP) is 1.42. The molecule has 13 nitrogen and oxygen atoms in total. The molecule has 14 heteroatoms. The van der Waals surface area contributed by atoms with Gasteiger partial charge in [-0.05, 0) is 12.1 Å². The van der Waals surface area contributed by atoms with E-state index in [1.807, 2.05) is 41.1 Å². The van der Waals surface area contributed by atoms with E-state index in [0.29, 0.717) is 42.8 Å². The molecule has 0 saturated heterocycles. The van der Waals surface area contributed by atoms with Crippen LogP contribution in [0.3, 0.4) is 0 Å². The van der Waals surface area contributed by atoms with Crippen LogP contribution < -0.4 is 15.3 Å². The lowest BCUT2D eigenvalue weighted by Gasteiger charge is -2.22. The van der Waals surface area contributed by atoms with E-state index in [4.69, 9.17) is 15.2 Å². The molecule has 198 valence electrons. The normalized spacial score (nSPS) is 12.3. The number of nitrogens with one attached hydrogen (secondary N) is 2. The summed E-state index contributed by atoms with van der Waals surface area (Å²) in [7, 11) is 1.85. The zero-order valence-corrected chi connectivity index (χ0v) is 21.3. The van der Waals surface area contributed by atoms with Gasteiger partial charge in [0.05, 0.1) is 41.7 Å². The van der Waals surface area contributed by atoms with Crippen molar-refractivity contribution >= 4 is 44.2 Å². The first-order valence-electron chi connectivity index (χ1n) is 11.8. The first-order valence-corrected chi connectivity index (χ1v) is 12.6. The Morgan fingerprint density at radius 1 is 1.08 bits per heavy atom. The lowest BCUT2D eigenvalue weighted by atomic mass is 10.1. The number of aliphatic hydroxyl groups is 3. The number of nitrogens with zero attached hydrogens (tertiary/aromatic N) is 7. The van der Waals surface area contributed by atoms with Crippen LogP contribution in [-0.4, -0.2) is 84.0 Å². The van der Waals surface area contributed by atoms with E-state index in [-0.39, 0.29) is 13.2 Å². The van der Waals surface area contributed by atoms with Crippen molar-refractivity contribution < 1.29 is 20.5 Å². The number of aromatic nitrogens is 6. The Kier molecular flexibility index (Phi) is 7.69. The molecule has 0 aliphatic carbocycles. The summed E-state index contributed by atoms with van der Waals surface area (Å²) in [4.78, 5) is 23.0. The van der Waals surface area contributed by atoms with Crippen molar-refractivity contribution in [2.24, 2.45) is 0 Å². The molecule has 1 aromatic carbocycles. The van der Waals surface area contributed by atoms with Gasteiger partial charge >= 0.3 is 0 Å². The van der Waals surface area contributed by atoms with Crippen molar-refractivity contribution in [1.82, 2.24) is 35.6 Å². The molecule has 0 aliphatic rings. The van der Waals surface area contributed by atoms with Crippen molar-refractivity contribution in [3.05, 3.63) is 53.3 Å². The second kappa shape index (κ2) is 11.3. The number of fused-ring (bicyclic) bond motifs is 2. The van der Waals surface area contributed by atoms with E-state index in [0.717, 1.165) is 31.6 Å². The van der Waals surface area contributed by atoms with Gasteiger partial charge in [0.1, 0.15) is 0 Å². The minimum absolute atomic E-state index is 0.0903. The van der Waals surface area contributed by atoms with Crippen LogP contribution in [0.1, 0.15) is 16.7 Å². The molecule has 38 heavy (non-hydrogen) atoms. The summed E-state index contributed by atoms with van der Waals surface area (Å²) < 4.78 is 0.840. The number of aliphatic hydroxyl groups excluding tert-OH is 3. The Labute approximate surface area is 221 Å². The summed E-state index contributed by atoms with van der Waals surface area (Å²) in [5.41, 5.74) is 4.52. The highest BCUT2D eigenvalue weighted by Crippen LogP contribution is 2.36. The molecule has 4 aromatic heterocycles. The minimum atomic E-state index is -1.27. The summed E-state index contributed by atoms with van der Waals surface area (Å²) >= 11 is 1.52. The molecular formula is C24H27N9O4S. The molecule has 0 saturated carbocycles. The molecule has 1 unspecified atom stereocenters. The topological polar surface area (TPSA) is 180 Å². The van der Waals surface area contributed by atoms with Gasteiger partial charge in [0.15, 0.2) is 17.9 Å². The van der Waals surface area contributed by atoms with E-state index >= 15 is 0 Å². The highest BCUT2D eigenvalue weighted by atomic mass is 32.1. The van der Waals surface area contributed by atoms with Crippen LogP contribution in [0.5, 0.6) is 0 Å². The van der Waals surface area contributed by atoms with Gasteiger partial charge in [-0.25, -0.2) is 19.9 Å². The Bertz CT molecular complexity index is 1520. The van der Waals surface area contributed by atoms with E-state index in [1.54, 1.807) is 11.7 Å². The predicted molar refractivity (Wildman–Crippen MR) is 143 cm³/mol. The fourth-order valence-electron chi connectivity index (χ4n) is 4.15. The van der Waals surface area contributed by atoms with E-state index < -0.39 is 6.23 Å². The number of hydrogen-bond acceptors (Lipinski definition) is 13. The van der Waals surface area contributed by atoms with Gasteiger partial charge < -0.3 is 30.3 Å². The second-order valence-electron chi connectivity index (χ2n) is 8.57. The quantitative estimate of drug-likeness (QED) is 0.106. The lowest BCUT2D eigenvalue weighted by molar-refractivity contribution is 0.000308. The largest absolute Gasteiger partial charge is 0.395 e. The Morgan fingerprint density at radius 3 is 2.55 bits per heavy atom. The average molecular weight is 538 g/mol. The Balaban J connectivity index is 1.54. The van der Waals surface area contributed by atoms with Crippen LogP contribution in [0.2, 0.25) is 0 Å². The van der Waals surface area contributed by atoms with E-state index in [1.165, 1.54) is 23.7 Å². The number of thiophene rings is 1. The third-order valence-corrected chi connectivity index (χ3v) is 7.11. The van der Waals surface area contributed by atoms with Crippen LogP contribution >= 0.6 is 11.3 Å². The summed E-state index contributed by atoms with van der Waals surface area (Å²) in [6.45, 7) is 0.918. The van der Waals surface area contributed by atoms with Crippen molar-refractivity contribution in [3.8, 4) is 11.4 Å². The van der Waals surface area contributed by atoms with Crippen molar-refractivity contribution in [1.29, 1.82) is 0 Å². The van der Waals surface area contributed by atoms with Gasteiger partial charge in [0.25, 0.3) is 0 Å². The molecule has 4 heterocycles. The number of anilines is 2. The van der Waals surface area contributed by atoms with Crippen molar-refractivity contribution in [3.63, 3.8) is 0 Å². The molecule has 0 bridgehead atoms. The van der Waals surface area contributed by atoms with Crippen LogP contribution in [0.4, 0.5) is 11.8 Å². The molecule has 1 atom stereocenters. The van der Waals surface area contributed by atoms with Crippen LogP contribution in [0, 0.1) is 0 Å². The highest BCUT2D eigenvalue weighted by molar-refractivity contribution is 7.19. The average Bonchev–Trinajstić information content (AvgIpc) is 3.58. The summed E-state index contributed by atoms with van der Waals surface area (Å²) in [6, 6.07) is 7.78. The number of benzene rings is 1. The monoisotopic (exact) mass is 537 g/mol. The molecule has 0 fully saturated rings. The molecule has 0 spiro atoms. The molecule has 5 rings (SSSR count). The number of aromatic amines is 1. The first-order chi connectivity index (χ1) is 18.5. The minimum Gasteiger partial charge on any atom is -0.395 e. The molecule has 5 aromatic rings. The van der Waals surface area contributed by atoms with Gasteiger partial charge in [-0.2, -0.15) is 10.6 Å². The fraction of sp³-hybridized carbons (Fsp3) is 0.292. The lowest BCUT2D eigenvalue weighted by Crippen LogP contribution is -2.30. The summed E-state index contributed by atoms with van der Waals surface area (Å²) in [5.74, 6) is 1.60. The Morgan fingerprint density at radius 2 is 1.84 bits per heavy atom. The third kappa shape index (κ3) is 5.13. The molecule has 0 aliphatic heterocycles. The van der Waals surface area contributed by atoms with Gasteiger partial charge in [-0.3, -0.25) is 5.10 Å². The van der Waals surface area contributed by atoms with Crippen LogP contribution in [-0.2, 0) is 6.54 Å². The van der Waals surface area contributed by atoms with Gasteiger partial charge in [0, 0.05) is 53.9 Å². The maximum Gasteiger partial charge on any atom is 0.225 e. The van der Waals surface area contributed by atoms with Gasteiger partial charge in [-0.15, -0.1) is 11.3 Å². The number of H-pyrrole nitrogens is 1. The number of hydroxylamine groups is 1.